The van der Waals surface area contributed by atoms with Crippen molar-refractivity contribution in [3.05, 3.63) is 27.7 Å². The molecule has 2 heterocycles. The van der Waals surface area contributed by atoms with E-state index < -0.39 is 0 Å². The fourth-order valence-electron chi connectivity index (χ4n) is 1.27. The van der Waals surface area contributed by atoms with Gasteiger partial charge in [-0.3, -0.25) is 4.79 Å². The SMILES string of the molecule is N#Cc1c2c(c[nH]c1=O)CCS2. The van der Waals surface area contributed by atoms with Gasteiger partial charge >= 0.3 is 0 Å². The molecule has 4 heteroatoms. The van der Waals surface area contributed by atoms with Gasteiger partial charge in [0.15, 0.2) is 0 Å². The van der Waals surface area contributed by atoms with E-state index in [0.29, 0.717) is 0 Å². The Bertz CT molecular complexity index is 416. The van der Waals surface area contributed by atoms with E-state index in [2.05, 4.69) is 4.98 Å². The number of aryl methyl sites for hydroxylation is 1. The molecule has 0 aliphatic carbocycles. The van der Waals surface area contributed by atoms with Crippen molar-refractivity contribution in [3.63, 3.8) is 0 Å². The van der Waals surface area contributed by atoms with Crippen LogP contribution in [-0.4, -0.2) is 10.7 Å². The van der Waals surface area contributed by atoms with Crippen LogP contribution in [0.2, 0.25) is 0 Å². The highest BCUT2D eigenvalue weighted by Gasteiger charge is 2.17. The summed E-state index contributed by atoms with van der Waals surface area (Å²) in [5, 5.41) is 8.70. The summed E-state index contributed by atoms with van der Waals surface area (Å²) in [6.07, 6.45) is 2.66. The Balaban J connectivity index is 2.76. The van der Waals surface area contributed by atoms with E-state index in [4.69, 9.17) is 5.26 Å². The molecule has 0 saturated carbocycles. The number of nitrogens with one attached hydrogen (secondary N) is 1. The summed E-state index contributed by atoms with van der Waals surface area (Å²) in [5.74, 6) is 0.974. The third-order valence-corrected chi connectivity index (χ3v) is 3.02. The van der Waals surface area contributed by atoms with Crippen LogP contribution in [0, 0.1) is 11.3 Å². The molecule has 0 aromatic carbocycles. The number of hydrogen-bond acceptors (Lipinski definition) is 3. The Morgan fingerprint density at radius 2 is 2.50 bits per heavy atom. The fraction of sp³-hybridized carbons (Fsp3) is 0.250. The molecule has 0 saturated heterocycles. The van der Waals surface area contributed by atoms with Gasteiger partial charge in [-0.05, 0) is 12.0 Å². The van der Waals surface area contributed by atoms with Crippen LogP contribution in [0.5, 0.6) is 0 Å². The van der Waals surface area contributed by atoms with Gasteiger partial charge in [-0.15, -0.1) is 11.8 Å². The Kier molecular flexibility index (Phi) is 1.66. The second-order valence-corrected chi connectivity index (χ2v) is 3.66. The predicted molar refractivity (Wildman–Crippen MR) is 46.2 cm³/mol. The number of aromatic nitrogens is 1. The van der Waals surface area contributed by atoms with Crippen molar-refractivity contribution in [2.24, 2.45) is 0 Å². The first-order valence-electron chi connectivity index (χ1n) is 3.60. The lowest BCUT2D eigenvalue weighted by Crippen LogP contribution is -2.10. The van der Waals surface area contributed by atoms with Crippen molar-refractivity contribution in [3.8, 4) is 6.07 Å². The second kappa shape index (κ2) is 2.68. The standard InChI is InChI=1S/C8H6N2OS/c9-3-6-7-5(1-2-12-7)4-10-8(6)11/h4H,1-2H2,(H,10,11). The number of aromatic amines is 1. The van der Waals surface area contributed by atoms with Gasteiger partial charge in [-0.1, -0.05) is 0 Å². The number of fused-ring (bicyclic) bond motifs is 1. The molecular formula is C8H6N2OS. The van der Waals surface area contributed by atoms with Crippen molar-refractivity contribution >= 4 is 11.8 Å². The average Bonchev–Trinajstić information content (AvgIpc) is 2.52. The van der Waals surface area contributed by atoms with Gasteiger partial charge in [0.05, 0.1) is 0 Å². The van der Waals surface area contributed by atoms with E-state index in [9.17, 15) is 4.79 Å². The summed E-state index contributed by atoms with van der Waals surface area (Å²) in [5.41, 5.74) is 1.09. The van der Waals surface area contributed by atoms with E-state index in [1.807, 2.05) is 6.07 Å². The molecule has 0 unspecified atom stereocenters. The van der Waals surface area contributed by atoms with E-state index in [1.54, 1.807) is 18.0 Å². The van der Waals surface area contributed by atoms with Gasteiger partial charge in [0.25, 0.3) is 5.56 Å². The van der Waals surface area contributed by atoms with Gasteiger partial charge in [0.1, 0.15) is 11.6 Å². The molecule has 1 N–H and O–H groups in total. The largest absolute Gasteiger partial charge is 0.328 e. The minimum absolute atomic E-state index is 0.273. The molecule has 1 aliphatic rings. The topological polar surface area (TPSA) is 56.6 Å². The summed E-state index contributed by atoms with van der Waals surface area (Å²) in [4.78, 5) is 14.6. The Morgan fingerprint density at radius 1 is 1.67 bits per heavy atom. The molecule has 0 amide bonds. The molecule has 0 fully saturated rings. The Hall–Kier alpha value is -1.21. The first-order valence-corrected chi connectivity index (χ1v) is 4.59. The zero-order valence-electron chi connectivity index (χ0n) is 6.26. The molecule has 0 atom stereocenters. The molecule has 0 radical (unpaired) electrons. The lowest BCUT2D eigenvalue weighted by atomic mass is 10.2. The number of pyridine rings is 1. The third kappa shape index (κ3) is 0.942. The highest BCUT2D eigenvalue weighted by Crippen LogP contribution is 2.31. The van der Waals surface area contributed by atoms with E-state index in [-0.39, 0.29) is 11.1 Å². The highest BCUT2D eigenvalue weighted by molar-refractivity contribution is 7.99. The normalized spacial score (nSPS) is 13.9. The minimum Gasteiger partial charge on any atom is -0.328 e. The molecule has 1 aromatic rings. The number of thioether (sulfide) groups is 1. The molecular weight excluding hydrogens is 172 g/mol. The number of H-pyrrole nitrogens is 1. The lowest BCUT2D eigenvalue weighted by molar-refractivity contribution is 1.06. The van der Waals surface area contributed by atoms with Gasteiger partial charge in [-0.2, -0.15) is 5.26 Å². The summed E-state index contributed by atoms with van der Waals surface area (Å²) in [6.45, 7) is 0. The van der Waals surface area contributed by atoms with Crippen molar-refractivity contribution in [2.45, 2.75) is 11.3 Å². The lowest BCUT2D eigenvalue weighted by Gasteiger charge is -1.97. The van der Waals surface area contributed by atoms with E-state index in [0.717, 1.165) is 22.6 Å². The van der Waals surface area contributed by atoms with Gasteiger partial charge < -0.3 is 4.98 Å². The molecule has 2 rings (SSSR count). The van der Waals surface area contributed by atoms with Crippen molar-refractivity contribution < 1.29 is 0 Å². The fourth-order valence-corrected chi connectivity index (χ4v) is 2.42. The Labute approximate surface area is 73.4 Å². The first-order chi connectivity index (χ1) is 5.83. The van der Waals surface area contributed by atoms with Gasteiger partial charge in [-0.25, -0.2) is 0 Å². The highest BCUT2D eigenvalue weighted by atomic mass is 32.2. The second-order valence-electron chi connectivity index (χ2n) is 2.56. The molecule has 3 nitrogen and oxygen atoms in total. The number of rotatable bonds is 0. The smallest absolute Gasteiger partial charge is 0.267 e. The molecule has 1 aromatic heterocycles. The van der Waals surface area contributed by atoms with Crippen LogP contribution in [0.3, 0.4) is 0 Å². The van der Waals surface area contributed by atoms with Crippen LogP contribution in [-0.2, 0) is 6.42 Å². The zero-order valence-corrected chi connectivity index (χ0v) is 7.07. The van der Waals surface area contributed by atoms with Gasteiger partial charge in [0.2, 0.25) is 0 Å². The number of nitriles is 1. The maximum Gasteiger partial charge on any atom is 0.267 e. The quantitative estimate of drug-likeness (QED) is 0.642. The molecule has 0 spiro atoms. The third-order valence-electron chi connectivity index (χ3n) is 1.85. The van der Waals surface area contributed by atoms with Gasteiger partial charge in [0, 0.05) is 16.8 Å². The number of hydrogen-bond donors (Lipinski definition) is 1. The van der Waals surface area contributed by atoms with Crippen molar-refractivity contribution in [1.29, 1.82) is 5.26 Å². The molecule has 60 valence electrons. The van der Waals surface area contributed by atoms with Crippen LogP contribution in [0.4, 0.5) is 0 Å². The monoisotopic (exact) mass is 178 g/mol. The van der Waals surface area contributed by atoms with Crippen LogP contribution in [0.25, 0.3) is 0 Å². The maximum atomic E-state index is 11.1. The minimum atomic E-state index is -0.273. The van der Waals surface area contributed by atoms with Crippen LogP contribution in [0.1, 0.15) is 11.1 Å². The Morgan fingerprint density at radius 3 is 3.25 bits per heavy atom. The van der Waals surface area contributed by atoms with Crippen molar-refractivity contribution in [1.82, 2.24) is 4.98 Å². The number of nitrogens with zero attached hydrogens (tertiary/aromatic N) is 1. The van der Waals surface area contributed by atoms with E-state index >= 15 is 0 Å². The average molecular weight is 178 g/mol. The zero-order chi connectivity index (χ0) is 8.55. The summed E-state index contributed by atoms with van der Waals surface area (Å²) in [7, 11) is 0. The first kappa shape index (κ1) is 7.44. The summed E-state index contributed by atoms with van der Waals surface area (Å²) >= 11 is 1.59. The van der Waals surface area contributed by atoms with Crippen LogP contribution < -0.4 is 5.56 Å². The van der Waals surface area contributed by atoms with Crippen LogP contribution >= 0.6 is 11.8 Å². The predicted octanol–water partition coefficient (Wildman–Crippen LogP) is 0.895. The van der Waals surface area contributed by atoms with Crippen LogP contribution in [0.15, 0.2) is 15.9 Å². The van der Waals surface area contributed by atoms with Crippen molar-refractivity contribution in [2.75, 3.05) is 5.75 Å². The summed E-state index contributed by atoms with van der Waals surface area (Å²) < 4.78 is 0. The molecule has 1 aliphatic heterocycles. The summed E-state index contributed by atoms with van der Waals surface area (Å²) in [6, 6.07) is 1.93. The maximum absolute atomic E-state index is 11.1. The van der Waals surface area contributed by atoms with E-state index in [1.165, 1.54) is 0 Å². The molecule has 0 bridgehead atoms. The molecule has 12 heavy (non-hydrogen) atoms.